The zero-order chi connectivity index (χ0) is 14.6. The Bertz CT molecular complexity index is 363. The molecule has 2 N–H and O–H groups in total. The number of hydrogen-bond acceptors (Lipinski definition) is 4. The van der Waals surface area contributed by atoms with E-state index < -0.39 is 5.41 Å². The summed E-state index contributed by atoms with van der Waals surface area (Å²) in [4.78, 5) is 14.9. The molecule has 1 unspecified atom stereocenters. The van der Waals surface area contributed by atoms with E-state index in [-0.39, 0.29) is 5.91 Å². The maximum Gasteiger partial charge on any atom is 0.235 e. The van der Waals surface area contributed by atoms with Gasteiger partial charge in [-0.1, -0.05) is 12.2 Å². The van der Waals surface area contributed by atoms with Crippen molar-refractivity contribution in [3.8, 4) is 0 Å². The molecule has 0 spiro atoms. The molecule has 0 aliphatic carbocycles. The Kier molecular flexibility index (Phi) is 5.35. The summed E-state index contributed by atoms with van der Waals surface area (Å²) >= 11 is 5.18. The summed E-state index contributed by atoms with van der Waals surface area (Å²) in [6.45, 7) is 3.38. The van der Waals surface area contributed by atoms with E-state index >= 15 is 0 Å². The van der Waals surface area contributed by atoms with Gasteiger partial charge in [0.25, 0.3) is 0 Å². The van der Waals surface area contributed by atoms with Gasteiger partial charge in [0, 0.05) is 33.4 Å². The summed E-state index contributed by atoms with van der Waals surface area (Å²) in [5.41, 5.74) is 5.17. The summed E-state index contributed by atoms with van der Waals surface area (Å²) in [5, 5.41) is 0. The highest BCUT2D eigenvalue weighted by Crippen LogP contribution is 2.33. The molecule has 114 valence electrons. The van der Waals surface area contributed by atoms with Gasteiger partial charge in [0.1, 0.15) is 5.41 Å². The van der Waals surface area contributed by atoms with Crippen molar-refractivity contribution < 1.29 is 14.3 Å². The van der Waals surface area contributed by atoms with Gasteiger partial charge in [-0.15, -0.1) is 0 Å². The van der Waals surface area contributed by atoms with Crippen LogP contribution in [0.1, 0.15) is 25.7 Å². The first-order valence-electron chi connectivity index (χ1n) is 7.27. The Morgan fingerprint density at radius 2 is 2.05 bits per heavy atom. The Hall–Kier alpha value is -0.720. The van der Waals surface area contributed by atoms with Gasteiger partial charge in [-0.05, 0) is 31.6 Å². The highest BCUT2D eigenvalue weighted by atomic mass is 32.1. The Morgan fingerprint density at radius 3 is 2.60 bits per heavy atom. The van der Waals surface area contributed by atoms with Crippen molar-refractivity contribution in [2.75, 3.05) is 40.0 Å². The van der Waals surface area contributed by atoms with Gasteiger partial charge in [-0.3, -0.25) is 4.79 Å². The highest BCUT2D eigenvalue weighted by molar-refractivity contribution is 7.80. The lowest BCUT2D eigenvalue weighted by molar-refractivity contribution is -0.142. The summed E-state index contributed by atoms with van der Waals surface area (Å²) in [7, 11) is 1.84. The lowest BCUT2D eigenvalue weighted by Gasteiger charge is -2.38. The van der Waals surface area contributed by atoms with Crippen LogP contribution in [0.3, 0.4) is 0 Å². The van der Waals surface area contributed by atoms with E-state index in [1.165, 1.54) is 0 Å². The molecule has 2 fully saturated rings. The molecule has 2 rings (SSSR count). The largest absolute Gasteiger partial charge is 0.392 e. The maximum atomic E-state index is 12.8. The number of carbonyl (C=O) groups is 1. The zero-order valence-corrected chi connectivity index (χ0v) is 12.9. The predicted molar refractivity (Wildman–Crippen MR) is 80.5 cm³/mol. The van der Waals surface area contributed by atoms with Crippen LogP contribution in [0.5, 0.6) is 0 Å². The van der Waals surface area contributed by atoms with Crippen LogP contribution in [0.2, 0.25) is 0 Å². The van der Waals surface area contributed by atoms with Crippen molar-refractivity contribution in [3.63, 3.8) is 0 Å². The molecule has 0 saturated carbocycles. The van der Waals surface area contributed by atoms with E-state index in [1.807, 2.05) is 7.05 Å². The van der Waals surface area contributed by atoms with Gasteiger partial charge in [0.05, 0.1) is 11.6 Å². The minimum atomic E-state index is -0.710. The molecule has 2 aliphatic rings. The van der Waals surface area contributed by atoms with Gasteiger partial charge < -0.3 is 20.1 Å². The van der Waals surface area contributed by atoms with E-state index in [2.05, 4.69) is 0 Å². The molecule has 6 heteroatoms. The SMILES string of the molecule is CN(CC1CCCOC1)C(=O)C1(C(N)=S)CCOCC1. The number of rotatable bonds is 4. The van der Waals surface area contributed by atoms with E-state index in [9.17, 15) is 4.79 Å². The van der Waals surface area contributed by atoms with Crippen molar-refractivity contribution >= 4 is 23.1 Å². The minimum Gasteiger partial charge on any atom is -0.392 e. The topological polar surface area (TPSA) is 64.8 Å². The number of nitrogens with zero attached hydrogens (tertiary/aromatic N) is 1. The van der Waals surface area contributed by atoms with Crippen molar-refractivity contribution in [2.24, 2.45) is 17.1 Å². The van der Waals surface area contributed by atoms with Gasteiger partial charge >= 0.3 is 0 Å². The van der Waals surface area contributed by atoms with Crippen LogP contribution in [0.15, 0.2) is 0 Å². The molecule has 1 atom stereocenters. The molecule has 2 aliphatic heterocycles. The second-order valence-electron chi connectivity index (χ2n) is 5.83. The second kappa shape index (κ2) is 6.83. The van der Waals surface area contributed by atoms with E-state index in [0.717, 1.165) is 26.1 Å². The Morgan fingerprint density at radius 1 is 1.35 bits per heavy atom. The van der Waals surface area contributed by atoms with Crippen molar-refractivity contribution in [3.05, 3.63) is 0 Å². The van der Waals surface area contributed by atoms with E-state index in [1.54, 1.807) is 4.90 Å². The molecular formula is C14H24N2O3S. The van der Waals surface area contributed by atoms with Gasteiger partial charge in [0.2, 0.25) is 5.91 Å². The molecule has 0 radical (unpaired) electrons. The fourth-order valence-electron chi connectivity index (χ4n) is 3.07. The number of carbonyl (C=O) groups excluding carboxylic acids is 1. The van der Waals surface area contributed by atoms with Crippen LogP contribution in [0, 0.1) is 11.3 Å². The first-order chi connectivity index (χ1) is 9.56. The molecule has 2 saturated heterocycles. The average Bonchev–Trinajstić information content (AvgIpc) is 2.48. The van der Waals surface area contributed by atoms with E-state index in [0.29, 0.717) is 43.5 Å². The summed E-state index contributed by atoms with van der Waals surface area (Å²) < 4.78 is 10.8. The fraction of sp³-hybridized carbons (Fsp3) is 0.857. The van der Waals surface area contributed by atoms with Crippen molar-refractivity contribution in [1.29, 1.82) is 0 Å². The molecule has 0 aromatic rings. The Balaban J connectivity index is 2.01. The van der Waals surface area contributed by atoms with Crippen LogP contribution in [0.25, 0.3) is 0 Å². The lowest BCUT2D eigenvalue weighted by atomic mass is 9.78. The molecule has 5 nitrogen and oxygen atoms in total. The van der Waals surface area contributed by atoms with Crippen molar-refractivity contribution in [2.45, 2.75) is 25.7 Å². The molecule has 1 amide bonds. The molecule has 0 aromatic heterocycles. The fourth-order valence-corrected chi connectivity index (χ4v) is 3.36. The minimum absolute atomic E-state index is 0.0406. The number of amides is 1. The first kappa shape index (κ1) is 15.7. The maximum absolute atomic E-state index is 12.8. The number of nitrogens with two attached hydrogens (primary N) is 1. The molecule has 0 aromatic carbocycles. The lowest BCUT2D eigenvalue weighted by Crippen LogP contribution is -2.53. The first-order valence-corrected chi connectivity index (χ1v) is 7.68. The van der Waals surface area contributed by atoms with E-state index in [4.69, 9.17) is 27.4 Å². The molecule has 20 heavy (non-hydrogen) atoms. The summed E-state index contributed by atoms with van der Waals surface area (Å²) in [5.74, 6) is 0.458. The Labute approximate surface area is 125 Å². The number of ether oxygens (including phenoxy) is 2. The monoisotopic (exact) mass is 300 g/mol. The predicted octanol–water partition coefficient (Wildman–Crippen LogP) is 0.954. The molecule has 2 heterocycles. The third kappa shape index (κ3) is 3.30. The van der Waals surface area contributed by atoms with Crippen molar-refractivity contribution in [1.82, 2.24) is 4.90 Å². The quantitative estimate of drug-likeness (QED) is 0.783. The van der Waals surface area contributed by atoms with Gasteiger partial charge in [-0.2, -0.15) is 0 Å². The van der Waals surface area contributed by atoms with Crippen LogP contribution < -0.4 is 5.73 Å². The number of hydrogen-bond donors (Lipinski definition) is 1. The molecular weight excluding hydrogens is 276 g/mol. The zero-order valence-electron chi connectivity index (χ0n) is 12.1. The summed E-state index contributed by atoms with van der Waals surface area (Å²) in [6, 6.07) is 0. The standard InChI is InChI=1S/C14H24N2O3S/c1-16(9-11-3-2-6-19-10-11)13(17)14(12(15)20)4-7-18-8-5-14/h11H,2-10H2,1H3,(H2,15,20). The van der Waals surface area contributed by atoms with Crippen LogP contribution in [0.4, 0.5) is 0 Å². The summed E-state index contributed by atoms with van der Waals surface area (Å²) in [6.07, 6.45) is 3.36. The van der Waals surface area contributed by atoms with Gasteiger partial charge in [0.15, 0.2) is 0 Å². The molecule has 0 bridgehead atoms. The van der Waals surface area contributed by atoms with Crippen LogP contribution in [-0.2, 0) is 14.3 Å². The van der Waals surface area contributed by atoms with Gasteiger partial charge in [-0.25, -0.2) is 0 Å². The third-order valence-electron chi connectivity index (χ3n) is 4.36. The van der Waals surface area contributed by atoms with Crippen LogP contribution in [-0.4, -0.2) is 55.8 Å². The van der Waals surface area contributed by atoms with Crippen LogP contribution >= 0.6 is 12.2 Å². The highest BCUT2D eigenvalue weighted by Gasteiger charge is 2.44. The number of thiocarbonyl (C=S) groups is 1. The third-order valence-corrected chi connectivity index (χ3v) is 4.75. The average molecular weight is 300 g/mol. The smallest absolute Gasteiger partial charge is 0.235 e. The second-order valence-corrected chi connectivity index (χ2v) is 6.27. The normalized spacial score (nSPS) is 25.9.